The van der Waals surface area contributed by atoms with Crippen LogP contribution in [0.4, 0.5) is 0 Å². The van der Waals surface area contributed by atoms with Gasteiger partial charge in [0, 0.05) is 15.9 Å². The monoisotopic (exact) mass is 359 g/mol. The zero-order valence-electron chi connectivity index (χ0n) is 12.5. The molecule has 0 spiro atoms. The minimum absolute atomic E-state index is 0.529. The Labute approximate surface area is 138 Å². The Kier molecular flexibility index (Phi) is 6.31. The Morgan fingerprint density at radius 3 is 2.59 bits per heavy atom. The van der Waals surface area contributed by atoms with Crippen LogP contribution in [0.25, 0.3) is 21.6 Å². The van der Waals surface area contributed by atoms with Gasteiger partial charge in [-0.2, -0.15) is 0 Å². The van der Waals surface area contributed by atoms with Crippen LogP contribution in [0.3, 0.4) is 0 Å². The van der Waals surface area contributed by atoms with Gasteiger partial charge in [-0.25, -0.2) is 0 Å². The number of hydrogen-bond donors (Lipinski definition) is 0. The molecule has 0 aliphatic heterocycles. The smallest absolute Gasteiger partial charge is 0.119 e. The molecule has 0 bridgehead atoms. The summed E-state index contributed by atoms with van der Waals surface area (Å²) in [5.74, 6) is 0.877. The van der Waals surface area contributed by atoms with Crippen molar-refractivity contribution in [3.8, 4) is 16.9 Å². The highest BCUT2D eigenvalue weighted by atomic mass is 79.9. The molecule has 0 unspecified atom stereocenters. The third kappa shape index (κ3) is 4.79. The van der Waals surface area contributed by atoms with E-state index in [-0.39, 0.29) is 0 Å². The molecule has 0 saturated carbocycles. The van der Waals surface area contributed by atoms with E-state index in [2.05, 4.69) is 57.1 Å². The van der Waals surface area contributed by atoms with Gasteiger partial charge in [-0.1, -0.05) is 39.2 Å². The molecule has 22 heavy (non-hydrogen) atoms. The van der Waals surface area contributed by atoms with E-state index in [0.29, 0.717) is 13.2 Å². The van der Waals surface area contributed by atoms with Crippen molar-refractivity contribution in [2.75, 3.05) is 13.2 Å². The van der Waals surface area contributed by atoms with Crippen molar-refractivity contribution in [1.82, 2.24) is 0 Å². The summed E-state index contributed by atoms with van der Waals surface area (Å²) >= 11 is 3.45. The van der Waals surface area contributed by atoms with Crippen LogP contribution in [0, 0.1) is 6.92 Å². The average molecular weight is 360 g/mol. The van der Waals surface area contributed by atoms with Gasteiger partial charge in [-0.3, -0.25) is 0 Å². The first kappa shape index (κ1) is 16.4. The van der Waals surface area contributed by atoms with Crippen molar-refractivity contribution in [3.63, 3.8) is 0 Å². The predicted octanol–water partition coefficient (Wildman–Crippen LogP) is 5.89. The molecular formula is C17H18BrN3O. The first-order valence-electron chi connectivity index (χ1n) is 7.21. The van der Waals surface area contributed by atoms with Crippen LogP contribution >= 0.6 is 15.9 Å². The second-order valence-electron chi connectivity index (χ2n) is 4.99. The summed E-state index contributed by atoms with van der Waals surface area (Å²) in [4.78, 5) is 2.73. The summed E-state index contributed by atoms with van der Waals surface area (Å²) in [6.07, 6.45) is 1.73. The molecular weight excluding hydrogens is 342 g/mol. The standard InChI is InChI=1S/C17H18BrN3O/c1-13-12-16(22-11-3-2-10-20-21-19)8-9-17(13)14-4-6-15(18)7-5-14/h4-9,12H,2-3,10-11H2,1H3. The number of benzene rings is 2. The van der Waals surface area contributed by atoms with Crippen molar-refractivity contribution >= 4 is 15.9 Å². The molecule has 0 aliphatic carbocycles. The van der Waals surface area contributed by atoms with Crippen molar-refractivity contribution in [2.24, 2.45) is 5.11 Å². The molecule has 0 amide bonds. The molecule has 0 atom stereocenters. The molecule has 0 fully saturated rings. The average Bonchev–Trinajstić information content (AvgIpc) is 2.52. The lowest BCUT2D eigenvalue weighted by atomic mass is 10.0. The summed E-state index contributed by atoms with van der Waals surface area (Å²) < 4.78 is 6.81. The van der Waals surface area contributed by atoms with Crippen molar-refractivity contribution in [1.29, 1.82) is 0 Å². The maximum atomic E-state index is 8.19. The lowest BCUT2D eigenvalue weighted by Crippen LogP contribution is -1.98. The van der Waals surface area contributed by atoms with Crippen LogP contribution in [0.2, 0.25) is 0 Å². The van der Waals surface area contributed by atoms with Crippen LogP contribution in [-0.2, 0) is 0 Å². The van der Waals surface area contributed by atoms with Gasteiger partial charge in [0.25, 0.3) is 0 Å². The predicted molar refractivity (Wildman–Crippen MR) is 93.1 cm³/mol. The fourth-order valence-corrected chi connectivity index (χ4v) is 2.46. The third-order valence-corrected chi connectivity index (χ3v) is 3.87. The lowest BCUT2D eigenvalue weighted by Gasteiger charge is -2.10. The molecule has 0 radical (unpaired) electrons. The number of rotatable bonds is 7. The normalized spacial score (nSPS) is 10.1. The van der Waals surface area contributed by atoms with E-state index in [9.17, 15) is 0 Å². The second-order valence-corrected chi connectivity index (χ2v) is 5.91. The van der Waals surface area contributed by atoms with Gasteiger partial charge >= 0.3 is 0 Å². The maximum Gasteiger partial charge on any atom is 0.119 e. The first-order valence-corrected chi connectivity index (χ1v) is 8.00. The second kappa shape index (κ2) is 8.47. The molecule has 5 heteroatoms. The van der Waals surface area contributed by atoms with E-state index in [4.69, 9.17) is 10.3 Å². The molecule has 4 nitrogen and oxygen atoms in total. The fourth-order valence-electron chi connectivity index (χ4n) is 2.20. The number of azide groups is 1. The van der Waals surface area contributed by atoms with Gasteiger partial charge < -0.3 is 4.74 Å². The van der Waals surface area contributed by atoms with Crippen LogP contribution in [-0.4, -0.2) is 13.2 Å². The van der Waals surface area contributed by atoms with Crippen LogP contribution < -0.4 is 4.74 Å². The number of nitrogens with zero attached hydrogens (tertiary/aromatic N) is 3. The van der Waals surface area contributed by atoms with Gasteiger partial charge in [-0.05, 0) is 66.3 Å². The van der Waals surface area contributed by atoms with E-state index in [1.54, 1.807) is 0 Å². The van der Waals surface area contributed by atoms with Crippen molar-refractivity contribution < 1.29 is 4.74 Å². The van der Waals surface area contributed by atoms with E-state index in [1.807, 2.05) is 18.2 Å². The molecule has 2 aromatic rings. The molecule has 114 valence electrons. The number of unbranched alkanes of at least 4 members (excludes halogenated alkanes) is 1. The number of aryl methyl sites for hydroxylation is 1. The summed E-state index contributed by atoms with van der Waals surface area (Å²) in [5, 5.41) is 3.50. The molecule has 0 aromatic heterocycles. The summed E-state index contributed by atoms with van der Waals surface area (Å²) in [5.41, 5.74) is 11.8. The van der Waals surface area contributed by atoms with Crippen molar-refractivity contribution in [2.45, 2.75) is 19.8 Å². The lowest BCUT2D eigenvalue weighted by molar-refractivity contribution is 0.307. The number of halogens is 1. The minimum Gasteiger partial charge on any atom is -0.494 e. The number of hydrogen-bond acceptors (Lipinski definition) is 2. The molecule has 0 aliphatic rings. The van der Waals surface area contributed by atoms with Gasteiger partial charge in [0.2, 0.25) is 0 Å². The molecule has 0 saturated heterocycles. The van der Waals surface area contributed by atoms with Crippen LogP contribution in [0.1, 0.15) is 18.4 Å². The summed E-state index contributed by atoms with van der Waals surface area (Å²) in [6, 6.07) is 14.4. The molecule has 0 N–H and O–H groups in total. The van der Waals surface area contributed by atoms with Crippen LogP contribution in [0.5, 0.6) is 5.75 Å². The highest BCUT2D eigenvalue weighted by molar-refractivity contribution is 9.10. The van der Waals surface area contributed by atoms with E-state index >= 15 is 0 Å². The molecule has 0 heterocycles. The van der Waals surface area contributed by atoms with Crippen molar-refractivity contribution in [3.05, 3.63) is 62.9 Å². The van der Waals surface area contributed by atoms with Gasteiger partial charge in [0.05, 0.1) is 6.61 Å². The SMILES string of the molecule is Cc1cc(OCCCCN=[N+]=[N-])ccc1-c1ccc(Br)cc1. The minimum atomic E-state index is 0.529. The fraction of sp³-hybridized carbons (Fsp3) is 0.294. The summed E-state index contributed by atoms with van der Waals surface area (Å²) in [7, 11) is 0. The Hall–Kier alpha value is -1.97. The zero-order chi connectivity index (χ0) is 15.8. The molecule has 2 rings (SSSR count). The Bertz CT molecular complexity index is 664. The third-order valence-electron chi connectivity index (χ3n) is 3.34. The van der Waals surface area contributed by atoms with E-state index in [0.717, 1.165) is 23.1 Å². The zero-order valence-corrected chi connectivity index (χ0v) is 14.1. The summed E-state index contributed by atoms with van der Waals surface area (Å²) in [6.45, 7) is 3.26. The highest BCUT2D eigenvalue weighted by Gasteiger charge is 2.04. The quantitative estimate of drug-likeness (QED) is 0.263. The van der Waals surface area contributed by atoms with Gasteiger partial charge in [0.15, 0.2) is 0 Å². The highest BCUT2D eigenvalue weighted by Crippen LogP contribution is 2.28. The Balaban J connectivity index is 1.94. The Morgan fingerprint density at radius 1 is 1.14 bits per heavy atom. The number of ether oxygens (including phenoxy) is 1. The Morgan fingerprint density at radius 2 is 1.91 bits per heavy atom. The van der Waals surface area contributed by atoms with E-state index < -0.39 is 0 Å². The molecule has 2 aromatic carbocycles. The van der Waals surface area contributed by atoms with E-state index in [1.165, 1.54) is 16.7 Å². The van der Waals surface area contributed by atoms with Crippen LogP contribution in [0.15, 0.2) is 52.1 Å². The first-order chi connectivity index (χ1) is 10.7. The van der Waals surface area contributed by atoms with Gasteiger partial charge in [0.1, 0.15) is 5.75 Å². The largest absolute Gasteiger partial charge is 0.494 e. The maximum absolute atomic E-state index is 8.19. The van der Waals surface area contributed by atoms with Gasteiger partial charge in [-0.15, -0.1) is 0 Å². The topological polar surface area (TPSA) is 58.0 Å².